The van der Waals surface area contributed by atoms with Gasteiger partial charge in [-0.3, -0.25) is 9.59 Å². The van der Waals surface area contributed by atoms with Crippen molar-refractivity contribution < 1.29 is 9.59 Å². The highest BCUT2D eigenvalue weighted by Gasteiger charge is 2.23. The lowest BCUT2D eigenvalue weighted by atomic mass is 9.96. The second-order valence-electron chi connectivity index (χ2n) is 7.88. The van der Waals surface area contributed by atoms with Crippen LogP contribution in [0, 0.1) is 19.3 Å². The Labute approximate surface area is 169 Å². The van der Waals surface area contributed by atoms with Gasteiger partial charge in [0.1, 0.15) is 5.82 Å². The first-order valence-electron chi connectivity index (χ1n) is 9.29. The molecule has 0 aliphatic carbocycles. The maximum Gasteiger partial charge on any atom is 0.261 e. The Morgan fingerprint density at radius 1 is 1.18 bits per heavy atom. The number of carbonyl (C=O) groups is 2. The van der Waals surface area contributed by atoms with Gasteiger partial charge in [0.15, 0.2) is 0 Å². The van der Waals surface area contributed by atoms with Gasteiger partial charge in [-0.2, -0.15) is 0 Å². The highest BCUT2D eigenvalue weighted by atomic mass is 32.1. The van der Waals surface area contributed by atoms with Crippen molar-refractivity contribution in [2.75, 3.05) is 11.9 Å². The molecule has 28 heavy (non-hydrogen) atoms. The van der Waals surface area contributed by atoms with Crippen LogP contribution in [0.5, 0.6) is 0 Å². The lowest BCUT2D eigenvalue weighted by Crippen LogP contribution is -2.27. The van der Waals surface area contributed by atoms with E-state index in [1.807, 2.05) is 65.0 Å². The molecule has 3 rings (SSSR count). The topological polar surface area (TPSA) is 76.0 Å². The Morgan fingerprint density at radius 2 is 1.89 bits per heavy atom. The van der Waals surface area contributed by atoms with Gasteiger partial charge in [-0.05, 0) is 37.6 Å². The molecule has 0 unspecified atom stereocenters. The van der Waals surface area contributed by atoms with Gasteiger partial charge >= 0.3 is 0 Å². The first kappa shape index (κ1) is 20.1. The van der Waals surface area contributed by atoms with E-state index < -0.39 is 5.41 Å². The maximum absolute atomic E-state index is 12.6. The average Bonchev–Trinajstić information content (AvgIpc) is 3.13. The Hall–Kier alpha value is -2.67. The van der Waals surface area contributed by atoms with E-state index in [0.29, 0.717) is 23.0 Å². The Balaban J connectivity index is 1.64. The average molecular weight is 399 g/mol. The molecule has 1 aromatic carbocycles. The van der Waals surface area contributed by atoms with Crippen molar-refractivity contribution in [2.45, 2.75) is 41.2 Å². The Kier molecular flexibility index (Phi) is 5.56. The number of benzene rings is 1. The van der Waals surface area contributed by atoms with E-state index in [0.717, 1.165) is 22.4 Å². The molecule has 7 heteroatoms. The zero-order chi connectivity index (χ0) is 20.5. The highest BCUT2D eigenvalue weighted by molar-refractivity contribution is 7.18. The number of para-hydroxylation sites is 2. The van der Waals surface area contributed by atoms with Gasteiger partial charge < -0.3 is 15.2 Å². The van der Waals surface area contributed by atoms with Gasteiger partial charge in [-0.15, -0.1) is 11.3 Å². The molecule has 0 spiro atoms. The predicted molar refractivity (Wildman–Crippen MR) is 114 cm³/mol. The molecule has 2 aromatic heterocycles. The number of thiophene rings is 1. The molecular formula is C21H26N4O2S. The molecule has 6 nitrogen and oxygen atoms in total. The van der Waals surface area contributed by atoms with Crippen LogP contribution in [0.25, 0.3) is 11.0 Å². The summed E-state index contributed by atoms with van der Waals surface area (Å²) in [5.41, 5.74) is 2.40. The number of aromatic nitrogens is 2. The summed E-state index contributed by atoms with van der Waals surface area (Å²) in [7, 11) is 0. The molecule has 0 atom stereocenters. The van der Waals surface area contributed by atoms with Crippen molar-refractivity contribution >= 4 is 39.2 Å². The molecule has 2 heterocycles. The van der Waals surface area contributed by atoms with Crippen molar-refractivity contribution in [2.24, 2.45) is 5.41 Å². The lowest BCUT2D eigenvalue weighted by molar-refractivity contribution is -0.123. The van der Waals surface area contributed by atoms with E-state index in [4.69, 9.17) is 0 Å². The van der Waals surface area contributed by atoms with Crippen LogP contribution in [0.1, 0.15) is 41.8 Å². The molecule has 0 radical (unpaired) electrons. The molecule has 0 aliphatic rings. The summed E-state index contributed by atoms with van der Waals surface area (Å²) in [6.45, 7) is 10.6. The van der Waals surface area contributed by atoms with Gasteiger partial charge in [0.25, 0.3) is 5.91 Å². The van der Waals surface area contributed by atoms with Crippen LogP contribution in [0.4, 0.5) is 5.00 Å². The number of carbonyl (C=O) groups excluding carboxylic acids is 2. The number of rotatable bonds is 5. The van der Waals surface area contributed by atoms with Crippen LogP contribution in [-0.2, 0) is 11.3 Å². The molecule has 0 aliphatic heterocycles. The summed E-state index contributed by atoms with van der Waals surface area (Å²) in [5, 5.41) is 6.56. The van der Waals surface area contributed by atoms with Crippen molar-refractivity contribution in [1.29, 1.82) is 0 Å². The second kappa shape index (κ2) is 7.75. The summed E-state index contributed by atoms with van der Waals surface area (Å²) < 4.78 is 2.10. The predicted octanol–water partition coefficient (Wildman–Crippen LogP) is 4.13. The lowest BCUT2D eigenvalue weighted by Gasteiger charge is -2.16. The van der Waals surface area contributed by atoms with Crippen molar-refractivity contribution in [3.8, 4) is 0 Å². The van der Waals surface area contributed by atoms with Crippen LogP contribution in [0.3, 0.4) is 0 Å². The molecule has 2 N–H and O–H groups in total. The number of imidazole rings is 1. The molecule has 3 aromatic rings. The maximum atomic E-state index is 12.6. The monoisotopic (exact) mass is 398 g/mol. The molecule has 0 fully saturated rings. The van der Waals surface area contributed by atoms with E-state index >= 15 is 0 Å². The van der Waals surface area contributed by atoms with Gasteiger partial charge in [0, 0.05) is 18.5 Å². The van der Waals surface area contributed by atoms with Gasteiger partial charge in [0.05, 0.1) is 20.9 Å². The molecule has 148 valence electrons. The number of anilines is 1. The van der Waals surface area contributed by atoms with E-state index in [1.165, 1.54) is 11.3 Å². The van der Waals surface area contributed by atoms with Crippen molar-refractivity contribution in [3.63, 3.8) is 0 Å². The van der Waals surface area contributed by atoms with E-state index in [9.17, 15) is 9.59 Å². The fourth-order valence-corrected chi connectivity index (χ4v) is 3.89. The van der Waals surface area contributed by atoms with Crippen LogP contribution < -0.4 is 10.6 Å². The summed E-state index contributed by atoms with van der Waals surface area (Å²) in [6.07, 6.45) is 0. The number of amides is 2. The molecule has 0 saturated heterocycles. The van der Waals surface area contributed by atoms with E-state index in [-0.39, 0.29) is 11.8 Å². The highest BCUT2D eigenvalue weighted by Crippen LogP contribution is 2.28. The minimum Gasteiger partial charge on any atom is -0.350 e. The normalized spacial score (nSPS) is 11.6. The Bertz CT molecular complexity index is 1030. The SMILES string of the molecule is Cc1cc(NC(=O)C(C)(C)C)sc1C(=O)NCCn1c(C)nc2ccccc21. The number of aryl methyl sites for hydroxylation is 2. The van der Waals surface area contributed by atoms with Crippen LogP contribution in [-0.4, -0.2) is 27.9 Å². The largest absolute Gasteiger partial charge is 0.350 e. The van der Waals surface area contributed by atoms with Crippen LogP contribution in [0.15, 0.2) is 30.3 Å². The second-order valence-corrected chi connectivity index (χ2v) is 8.93. The molecule has 2 amide bonds. The first-order valence-corrected chi connectivity index (χ1v) is 10.1. The summed E-state index contributed by atoms with van der Waals surface area (Å²) in [6, 6.07) is 9.82. The van der Waals surface area contributed by atoms with Crippen molar-refractivity contribution in [3.05, 3.63) is 46.6 Å². The Morgan fingerprint density at radius 3 is 2.61 bits per heavy atom. The summed E-state index contributed by atoms with van der Waals surface area (Å²) >= 11 is 1.30. The summed E-state index contributed by atoms with van der Waals surface area (Å²) in [4.78, 5) is 29.9. The van der Waals surface area contributed by atoms with E-state index in [1.54, 1.807) is 0 Å². The van der Waals surface area contributed by atoms with Crippen molar-refractivity contribution in [1.82, 2.24) is 14.9 Å². The first-order chi connectivity index (χ1) is 13.2. The quantitative estimate of drug-likeness (QED) is 0.678. The molecular weight excluding hydrogens is 372 g/mol. The summed E-state index contributed by atoms with van der Waals surface area (Å²) in [5.74, 6) is 0.735. The van der Waals surface area contributed by atoms with Crippen LogP contribution >= 0.6 is 11.3 Å². The minimum absolute atomic E-state index is 0.0665. The van der Waals surface area contributed by atoms with E-state index in [2.05, 4.69) is 20.2 Å². The third kappa shape index (κ3) is 4.25. The number of fused-ring (bicyclic) bond motifs is 1. The number of nitrogens with one attached hydrogen (secondary N) is 2. The fourth-order valence-electron chi connectivity index (χ4n) is 2.91. The number of hydrogen-bond donors (Lipinski definition) is 2. The third-order valence-electron chi connectivity index (χ3n) is 4.51. The van der Waals surface area contributed by atoms with Gasteiger partial charge in [0.2, 0.25) is 5.91 Å². The molecule has 0 saturated carbocycles. The molecule has 0 bridgehead atoms. The standard InChI is InChI=1S/C21H26N4O2S/c1-13-12-17(24-20(27)21(3,4)5)28-18(13)19(26)22-10-11-25-14(2)23-15-8-6-7-9-16(15)25/h6-9,12H,10-11H2,1-5H3,(H,22,26)(H,24,27). The van der Waals surface area contributed by atoms with Gasteiger partial charge in [-0.25, -0.2) is 4.98 Å². The zero-order valence-electron chi connectivity index (χ0n) is 16.9. The smallest absolute Gasteiger partial charge is 0.261 e. The minimum atomic E-state index is -0.480. The fraction of sp³-hybridized carbons (Fsp3) is 0.381. The third-order valence-corrected chi connectivity index (χ3v) is 5.66. The van der Waals surface area contributed by atoms with Crippen LogP contribution in [0.2, 0.25) is 0 Å². The number of hydrogen-bond acceptors (Lipinski definition) is 4. The van der Waals surface area contributed by atoms with Gasteiger partial charge in [-0.1, -0.05) is 32.9 Å². The zero-order valence-corrected chi connectivity index (χ0v) is 17.7. The number of nitrogens with zero attached hydrogens (tertiary/aromatic N) is 2.